The van der Waals surface area contributed by atoms with E-state index in [1.165, 1.54) is 37.7 Å². The summed E-state index contributed by atoms with van der Waals surface area (Å²) in [6, 6.07) is 4.46. The van der Waals surface area contributed by atoms with Crippen LogP contribution in [0.25, 0.3) is 0 Å². The standard InChI is InChI=1S/C19H26N2O/c22-19(17-13-14-5-6-16(17)12-14)21-11-3-1-2-4-18(21)15-7-9-20-10-8-15/h7-10,14,16-18H,1-6,11-13H2. The largest absolute Gasteiger partial charge is 0.335 e. The molecule has 0 N–H and O–H groups in total. The first-order valence-corrected chi connectivity index (χ1v) is 9.03. The second-order valence-corrected chi connectivity index (χ2v) is 7.46. The molecule has 0 radical (unpaired) electrons. The average Bonchev–Trinajstić information content (AvgIpc) is 3.11. The Morgan fingerprint density at radius 2 is 1.91 bits per heavy atom. The Balaban J connectivity index is 1.57. The van der Waals surface area contributed by atoms with Gasteiger partial charge in [-0.2, -0.15) is 0 Å². The van der Waals surface area contributed by atoms with Gasteiger partial charge in [0.2, 0.25) is 5.91 Å². The SMILES string of the molecule is O=C(C1CC2CCC1C2)N1CCCCCC1c1ccncc1. The maximum atomic E-state index is 13.2. The van der Waals surface area contributed by atoms with Gasteiger partial charge < -0.3 is 4.90 Å². The maximum absolute atomic E-state index is 13.2. The van der Waals surface area contributed by atoms with E-state index >= 15 is 0 Å². The first-order chi connectivity index (χ1) is 10.8. The van der Waals surface area contributed by atoms with Crippen molar-refractivity contribution in [1.29, 1.82) is 0 Å². The number of nitrogens with zero attached hydrogens (tertiary/aromatic N) is 2. The molecule has 118 valence electrons. The van der Waals surface area contributed by atoms with Crippen LogP contribution in [0.15, 0.2) is 24.5 Å². The number of pyridine rings is 1. The minimum absolute atomic E-state index is 0.275. The number of hydrogen-bond donors (Lipinski definition) is 0. The van der Waals surface area contributed by atoms with E-state index in [0.29, 0.717) is 17.7 Å². The van der Waals surface area contributed by atoms with Crippen molar-refractivity contribution in [3.05, 3.63) is 30.1 Å². The summed E-state index contributed by atoms with van der Waals surface area (Å²) in [5.41, 5.74) is 1.27. The molecule has 22 heavy (non-hydrogen) atoms. The van der Waals surface area contributed by atoms with Crippen LogP contribution in [0, 0.1) is 17.8 Å². The van der Waals surface area contributed by atoms with Crippen LogP contribution in [-0.4, -0.2) is 22.3 Å². The maximum Gasteiger partial charge on any atom is 0.226 e. The number of hydrogen-bond acceptors (Lipinski definition) is 2. The molecular formula is C19H26N2O. The summed E-state index contributed by atoms with van der Waals surface area (Å²) in [5.74, 6) is 2.29. The Kier molecular flexibility index (Phi) is 3.89. The first-order valence-electron chi connectivity index (χ1n) is 9.03. The van der Waals surface area contributed by atoms with Gasteiger partial charge in [0.05, 0.1) is 6.04 Å². The highest BCUT2D eigenvalue weighted by atomic mass is 16.2. The molecule has 2 aliphatic carbocycles. The number of fused-ring (bicyclic) bond motifs is 2. The van der Waals surface area contributed by atoms with Crippen molar-refractivity contribution in [2.24, 2.45) is 17.8 Å². The minimum Gasteiger partial charge on any atom is -0.335 e. The number of aromatic nitrogens is 1. The lowest BCUT2D eigenvalue weighted by molar-refractivity contribution is -0.139. The molecule has 0 aromatic carbocycles. The van der Waals surface area contributed by atoms with Crippen LogP contribution in [0.3, 0.4) is 0 Å². The number of likely N-dealkylation sites (tertiary alicyclic amines) is 1. The Hall–Kier alpha value is -1.38. The fourth-order valence-electron chi connectivity index (χ4n) is 5.06. The fraction of sp³-hybridized carbons (Fsp3) is 0.684. The van der Waals surface area contributed by atoms with Crippen molar-refractivity contribution in [3.63, 3.8) is 0 Å². The smallest absolute Gasteiger partial charge is 0.226 e. The van der Waals surface area contributed by atoms with Crippen LogP contribution < -0.4 is 0 Å². The molecule has 3 nitrogen and oxygen atoms in total. The van der Waals surface area contributed by atoms with Crippen molar-refractivity contribution < 1.29 is 4.79 Å². The van der Waals surface area contributed by atoms with Gasteiger partial charge >= 0.3 is 0 Å². The van der Waals surface area contributed by atoms with Crippen molar-refractivity contribution >= 4 is 5.91 Å². The lowest BCUT2D eigenvalue weighted by Crippen LogP contribution is -2.40. The zero-order valence-corrected chi connectivity index (χ0v) is 13.3. The Labute approximate surface area is 133 Å². The summed E-state index contributed by atoms with van der Waals surface area (Å²) in [6.45, 7) is 0.944. The second-order valence-electron chi connectivity index (χ2n) is 7.46. The zero-order chi connectivity index (χ0) is 14.9. The summed E-state index contributed by atoms with van der Waals surface area (Å²) in [7, 11) is 0. The monoisotopic (exact) mass is 298 g/mol. The van der Waals surface area contributed by atoms with Crippen LogP contribution in [0.5, 0.6) is 0 Å². The molecule has 1 aromatic rings. The van der Waals surface area contributed by atoms with Gasteiger partial charge in [-0.05, 0) is 61.6 Å². The first kappa shape index (κ1) is 14.2. The molecule has 2 heterocycles. The number of carbonyl (C=O) groups excluding carboxylic acids is 1. The molecule has 1 aliphatic heterocycles. The summed E-state index contributed by atoms with van der Waals surface area (Å²) in [4.78, 5) is 19.6. The zero-order valence-electron chi connectivity index (χ0n) is 13.3. The molecular weight excluding hydrogens is 272 g/mol. The molecule has 4 rings (SSSR count). The predicted octanol–water partition coefficient (Wildman–Crippen LogP) is 3.96. The van der Waals surface area contributed by atoms with Gasteiger partial charge in [0.25, 0.3) is 0 Å². The molecule has 4 atom stereocenters. The van der Waals surface area contributed by atoms with E-state index in [-0.39, 0.29) is 6.04 Å². The summed E-state index contributed by atoms with van der Waals surface area (Å²) in [6.07, 6.45) is 13.6. The fourth-order valence-corrected chi connectivity index (χ4v) is 5.06. The quantitative estimate of drug-likeness (QED) is 0.828. The lowest BCUT2D eigenvalue weighted by atomic mass is 9.87. The number of rotatable bonds is 2. The molecule has 2 bridgehead atoms. The highest BCUT2D eigenvalue weighted by Crippen LogP contribution is 2.49. The topological polar surface area (TPSA) is 33.2 Å². The molecule has 0 spiro atoms. The minimum atomic E-state index is 0.275. The van der Waals surface area contributed by atoms with Gasteiger partial charge in [0, 0.05) is 24.9 Å². The Morgan fingerprint density at radius 3 is 2.64 bits per heavy atom. The molecule has 1 saturated heterocycles. The van der Waals surface area contributed by atoms with Gasteiger partial charge in [0.1, 0.15) is 0 Å². The number of amides is 1. The van der Waals surface area contributed by atoms with E-state index in [2.05, 4.69) is 22.0 Å². The normalized spacial score (nSPS) is 34.6. The predicted molar refractivity (Wildman–Crippen MR) is 86.1 cm³/mol. The van der Waals surface area contributed by atoms with E-state index in [0.717, 1.165) is 31.7 Å². The van der Waals surface area contributed by atoms with Crippen molar-refractivity contribution in [3.8, 4) is 0 Å². The van der Waals surface area contributed by atoms with Crippen molar-refractivity contribution in [2.45, 2.75) is 57.4 Å². The summed E-state index contributed by atoms with van der Waals surface area (Å²) >= 11 is 0. The molecule has 3 heteroatoms. The highest BCUT2D eigenvalue weighted by Gasteiger charge is 2.45. The van der Waals surface area contributed by atoms with Gasteiger partial charge in [-0.25, -0.2) is 0 Å². The molecule has 3 fully saturated rings. The third-order valence-corrected chi connectivity index (χ3v) is 6.18. The molecule has 1 amide bonds. The van der Waals surface area contributed by atoms with Gasteiger partial charge in [-0.1, -0.05) is 19.3 Å². The summed E-state index contributed by atoms with van der Waals surface area (Å²) < 4.78 is 0. The van der Waals surface area contributed by atoms with Crippen LogP contribution in [0.2, 0.25) is 0 Å². The summed E-state index contributed by atoms with van der Waals surface area (Å²) in [5, 5.41) is 0. The molecule has 3 aliphatic rings. The van der Waals surface area contributed by atoms with Crippen molar-refractivity contribution in [2.75, 3.05) is 6.54 Å². The Bertz CT molecular complexity index is 529. The van der Waals surface area contributed by atoms with E-state index in [4.69, 9.17) is 0 Å². The van der Waals surface area contributed by atoms with Crippen molar-refractivity contribution in [1.82, 2.24) is 9.88 Å². The molecule has 4 unspecified atom stereocenters. The van der Waals surface area contributed by atoms with Gasteiger partial charge in [-0.3, -0.25) is 9.78 Å². The third-order valence-electron chi connectivity index (χ3n) is 6.18. The third kappa shape index (κ3) is 2.55. The average molecular weight is 298 g/mol. The number of carbonyl (C=O) groups is 1. The molecule has 1 aromatic heterocycles. The van der Waals surface area contributed by atoms with Gasteiger partial charge in [-0.15, -0.1) is 0 Å². The highest BCUT2D eigenvalue weighted by molar-refractivity contribution is 5.80. The van der Waals surface area contributed by atoms with E-state index in [9.17, 15) is 4.79 Å². The Morgan fingerprint density at radius 1 is 1.05 bits per heavy atom. The van der Waals surface area contributed by atoms with Crippen LogP contribution in [0.1, 0.15) is 63.0 Å². The van der Waals surface area contributed by atoms with Gasteiger partial charge in [0.15, 0.2) is 0 Å². The van der Waals surface area contributed by atoms with E-state index < -0.39 is 0 Å². The van der Waals surface area contributed by atoms with E-state index in [1.54, 1.807) is 0 Å². The van der Waals surface area contributed by atoms with E-state index in [1.807, 2.05) is 12.4 Å². The molecule has 2 saturated carbocycles. The second kappa shape index (κ2) is 6.02. The van der Waals surface area contributed by atoms with Crippen LogP contribution in [0.4, 0.5) is 0 Å². The lowest BCUT2D eigenvalue weighted by Gasteiger charge is -2.34. The van der Waals surface area contributed by atoms with Crippen LogP contribution >= 0.6 is 0 Å². The van der Waals surface area contributed by atoms with Crippen LogP contribution in [-0.2, 0) is 4.79 Å².